The van der Waals surface area contributed by atoms with Crippen LogP contribution in [-0.2, 0) is 0 Å². The summed E-state index contributed by atoms with van der Waals surface area (Å²) in [6.45, 7) is 4.64. The van der Waals surface area contributed by atoms with Crippen LogP contribution in [0.15, 0.2) is 36.4 Å². The third kappa shape index (κ3) is 3.06. The van der Waals surface area contributed by atoms with Gasteiger partial charge in [0.15, 0.2) is 0 Å². The minimum atomic E-state index is -0.568. The molecule has 19 heavy (non-hydrogen) atoms. The van der Waals surface area contributed by atoms with E-state index in [4.69, 9.17) is 4.74 Å². The van der Waals surface area contributed by atoms with Crippen molar-refractivity contribution in [1.29, 1.82) is 0 Å². The number of methoxy groups -OCH3 is 1. The fourth-order valence-electron chi connectivity index (χ4n) is 2.21. The van der Waals surface area contributed by atoms with Crippen LogP contribution in [0.3, 0.4) is 0 Å². The first kappa shape index (κ1) is 13.8. The quantitative estimate of drug-likeness (QED) is 0.867. The van der Waals surface area contributed by atoms with Crippen molar-refractivity contribution in [3.05, 3.63) is 42.0 Å². The number of benzene rings is 2. The third-order valence-electron chi connectivity index (χ3n) is 3.19. The Balaban J connectivity index is 2.37. The number of hydrogen-bond donors (Lipinski definition) is 2. The smallest absolute Gasteiger partial charge is 0.132 e. The van der Waals surface area contributed by atoms with Gasteiger partial charge in [0.25, 0.3) is 0 Å². The van der Waals surface area contributed by atoms with Crippen LogP contribution in [0.2, 0.25) is 0 Å². The molecule has 3 heteroatoms. The Labute approximate surface area is 114 Å². The van der Waals surface area contributed by atoms with E-state index in [9.17, 15) is 5.11 Å². The van der Waals surface area contributed by atoms with E-state index in [1.165, 1.54) is 0 Å². The molecule has 1 atom stereocenters. The average Bonchev–Trinajstić information content (AvgIpc) is 2.43. The van der Waals surface area contributed by atoms with E-state index < -0.39 is 6.10 Å². The van der Waals surface area contributed by atoms with Crippen LogP contribution in [0.5, 0.6) is 5.75 Å². The van der Waals surface area contributed by atoms with Crippen LogP contribution in [0, 0.1) is 0 Å². The zero-order valence-corrected chi connectivity index (χ0v) is 11.7. The largest absolute Gasteiger partial charge is 0.496 e. The number of aliphatic hydroxyl groups excluding tert-OH is 1. The summed E-state index contributed by atoms with van der Waals surface area (Å²) in [5.41, 5.74) is 0.828. The second-order valence-electron chi connectivity index (χ2n) is 4.99. The molecule has 2 aromatic carbocycles. The van der Waals surface area contributed by atoms with Gasteiger partial charge >= 0.3 is 0 Å². The summed E-state index contributed by atoms with van der Waals surface area (Å²) in [4.78, 5) is 0. The van der Waals surface area contributed by atoms with E-state index in [0.717, 1.165) is 22.1 Å². The van der Waals surface area contributed by atoms with Gasteiger partial charge in [-0.3, -0.25) is 0 Å². The molecule has 0 spiro atoms. The van der Waals surface area contributed by atoms with Crippen LogP contribution in [0.4, 0.5) is 0 Å². The van der Waals surface area contributed by atoms with Crippen molar-refractivity contribution in [1.82, 2.24) is 5.32 Å². The Bertz CT molecular complexity index is 551. The molecule has 0 heterocycles. The summed E-state index contributed by atoms with van der Waals surface area (Å²) in [5, 5.41) is 15.7. The predicted molar refractivity (Wildman–Crippen MR) is 78.6 cm³/mol. The van der Waals surface area contributed by atoms with Crippen molar-refractivity contribution in [3.63, 3.8) is 0 Å². The van der Waals surface area contributed by atoms with Gasteiger partial charge in [0, 0.05) is 23.5 Å². The van der Waals surface area contributed by atoms with Gasteiger partial charge in [-0.25, -0.2) is 0 Å². The molecule has 0 radical (unpaired) electrons. The summed E-state index contributed by atoms with van der Waals surface area (Å²) >= 11 is 0. The molecule has 0 aliphatic carbocycles. The fourth-order valence-corrected chi connectivity index (χ4v) is 2.21. The monoisotopic (exact) mass is 259 g/mol. The molecule has 0 bridgehead atoms. The maximum Gasteiger partial charge on any atom is 0.132 e. The SMILES string of the molecule is COc1c(C(O)CNC(C)C)ccc2ccccc12. The van der Waals surface area contributed by atoms with Gasteiger partial charge < -0.3 is 15.2 Å². The van der Waals surface area contributed by atoms with Crippen LogP contribution >= 0.6 is 0 Å². The summed E-state index contributed by atoms with van der Waals surface area (Å²) in [6, 6.07) is 12.3. The van der Waals surface area contributed by atoms with Crippen molar-refractivity contribution >= 4 is 10.8 Å². The second kappa shape index (κ2) is 6.04. The Morgan fingerprint density at radius 1 is 1.16 bits per heavy atom. The molecule has 3 nitrogen and oxygen atoms in total. The maximum absolute atomic E-state index is 10.3. The number of nitrogens with one attached hydrogen (secondary N) is 1. The van der Waals surface area contributed by atoms with Gasteiger partial charge in [-0.05, 0) is 5.39 Å². The minimum absolute atomic E-state index is 0.348. The Hall–Kier alpha value is -1.58. The van der Waals surface area contributed by atoms with Gasteiger partial charge in [-0.1, -0.05) is 50.2 Å². The van der Waals surface area contributed by atoms with Crippen molar-refractivity contribution in [2.45, 2.75) is 26.0 Å². The summed E-state index contributed by atoms with van der Waals surface area (Å²) < 4.78 is 5.50. The first-order valence-electron chi connectivity index (χ1n) is 6.60. The Kier molecular flexibility index (Phi) is 4.40. The van der Waals surface area contributed by atoms with Gasteiger partial charge in [0.1, 0.15) is 5.75 Å². The number of rotatable bonds is 5. The second-order valence-corrected chi connectivity index (χ2v) is 4.99. The van der Waals surface area contributed by atoms with Crippen molar-refractivity contribution in [3.8, 4) is 5.75 Å². The lowest BCUT2D eigenvalue weighted by molar-refractivity contribution is 0.168. The first-order valence-corrected chi connectivity index (χ1v) is 6.60. The average molecular weight is 259 g/mol. The van der Waals surface area contributed by atoms with Gasteiger partial charge in [-0.15, -0.1) is 0 Å². The van der Waals surface area contributed by atoms with Gasteiger partial charge in [0.2, 0.25) is 0 Å². The molecule has 0 aromatic heterocycles. The fraction of sp³-hybridized carbons (Fsp3) is 0.375. The molecule has 2 N–H and O–H groups in total. The summed E-state index contributed by atoms with van der Waals surface area (Å²) in [6.07, 6.45) is -0.568. The number of aliphatic hydroxyl groups is 1. The molecule has 0 fully saturated rings. The lowest BCUT2D eigenvalue weighted by Gasteiger charge is -2.18. The van der Waals surface area contributed by atoms with Gasteiger partial charge in [0.05, 0.1) is 13.2 Å². The lowest BCUT2D eigenvalue weighted by Crippen LogP contribution is -2.28. The van der Waals surface area contributed by atoms with Crippen molar-refractivity contribution in [2.24, 2.45) is 0 Å². The van der Waals surface area contributed by atoms with Crippen LogP contribution in [-0.4, -0.2) is 24.8 Å². The van der Waals surface area contributed by atoms with E-state index in [0.29, 0.717) is 12.6 Å². The third-order valence-corrected chi connectivity index (χ3v) is 3.19. The van der Waals surface area contributed by atoms with Crippen molar-refractivity contribution < 1.29 is 9.84 Å². The van der Waals surface area contributed by atoms with E-state index in [1.54, 1.807) is 7.11 Å². The topological polar surface area (TPSA) is 41.5 Å². The Morgan fingerprint density at radius 2 is 1.89 bits per heavy atom. The molecular formula is C16H21NO2. The first-order chi connectivity index (χ1) is 9.13. The van der Waals surface area contributed by atoms with E-state index in [2.05, 4.69) is 19.2 Å². The molecular weight excluding hydrogens is 238 g/mol. The highest BCUT2D eigenvalue weighted by Crippen LogP contribution is 2.33. The number of ether oxygens (including phenoxy) is 1. The molecule has 102 valence electrons. The molecule has 0 amide bonds. The highest BCUT2D eigenvalue weighted by molar-refractivity contribution is 5.89. The van der Waals surface area contributed by atoms with Crippen molar-refractivity contribution in [2.75, 3.05) is 13.7 Å². The highest BCUT2D eigenvalue weighted by atomic mass is 16.5. The number of fused-ring (bicyclic) bond motifs is 1. The van der Waals surface area contributed by atoms with E-state index in [-0.39, 0.29) is 0 Å². The van der Waals surface area contributed by atoms with Gasteiger partial charge in [-0.2, -0.15) is 0 Å². The van der Waals surface area contributed by atoms with Crippen LogP contribution in [0.25, 0.3) is 10.8 Å². The maximum atomic E-state index is 10.3. The molecule has 2 rings (SSSR count). The minimum Gasteiger partial charge on any atom is -0.496 e. The molecule has 0 aliphatic heterocycles. The zero-order valence-electron chi connectivity index (χ0n) is 11.7. The van der Waals surface area contributed by atoms with E-state index in [1.807, 2.05) is 36.4 Å². The van der Waals surface area contributed by atoms with Crippen LogP contribution < -0.4 is 10.1 Å². The van der Waals surface area contributed by atoms with Crippen LogP contribution in [0.1, 0.15) is 25.5 Å². The highest BCUT2D eigenvalue weighted by Gasteiger charge is 2.15. The molecule has 0 aliphatic rings. The lowest BCUT2D eigenvalue weighted by atomic mass is 10.0. The Morgan fingerprint density at radius 3 is 2.58 bits per heavy atom. The molecule has 0 saturated heterocycles. The zero-order chi connectivity index (χ0) is 13.8. The standard InChI is InChI=1S/C16H21NO2/c1-11(2)17-10-15(18)14-9-8-12-6-4-5-7-13(12)16(14)19-3/h4-9,11,15,17-18H,10H2,1-3H3. The summed E-state index contributed by atoms with van der Waals surface area (Å²) in [7, 11) is 1.65. The predicted octanol–water partition coefficient (Wildman–Crippen LogP) is 2.88. The molecule has 1 unspecified atom stereocenters. The number of hydrogen-bond acceptors (Lipinski definition) is 3. The summed E-state index contributed by atoms with van der Waals surface area (Å²) in [5.74, 6) is 0.760. The van der Waals surface area contributed by atoms with E-state index >= 15 is 0 Å². The molecule has 2 aromatic rings. The molecule has 0 saturated carbocycles. The normalized spacial score (nSPS) is 12.9.